The Labute approximate surface area is 141 Å². The van der Waals surface area contributed by atoms with Gasteiger partial charge in [-0.05, 0) is 24.3 Å². The largest absolute Gasteiger partial charge is 0.393 e. The molecule has 1 aliphatic rings. The van der Waals surface area contributed by atoms with Crippen molar-refractivity contribution < 1.29 is 14.6 Å². The predicted octanol–water partition coefficient (Wildman–Crippen LogP) is 1.57. The summed E-state index contributed by atoms with van der Waals surface area (Å²) in [6.45, 7) is 0.425. The molecular formula is C18H23N3O3. The summed E-state index contributed by atoms with van der Waals surface area (Å²) in [5.41, 5.74) is 2.00. The van der Waals surface area contributed by atoms with E-state index >= 15 is 0 Å². The Morgan fingerprint density at radius 2 is 2.17 bits per heavy atom. The topological polar surface area (TPSA) is 76.4 Å². The lowest BCUT2D eigenvalue weighted by molar-refractivity contribution is -0.128. The number of aliphatic hydroxyl groups is 1. The van der Waals surface area contributed by atoms with Crippen LogP contribution in [0.15, 0.2) is 42.7 Å². The first kappa shape index (κ1) is 16.7. The molecule has 24 heavy (non-hydrogen) atoms. The molecule has 0 aliphatic heterocycles. The Balaban J connectivity index is 1.53. The predicted molar refractivity (Wildman–Crippen MR) is 88.9 cm³/mol. The maximum absolute atomic E-state index is 12.2. The summed E-state index contributed by atoms with van der Waals surface area (Å²) in [4.78, 5) is 12.2. The highest BCUT2D eigenvalue weighted by Gasteiger charge is 2.36. The zero-order chi connectivity index (χ0) is 16.9. The maximum Gasteiger partial charge on any atom is 0.246 e. The molecule has 1 fully saturated rings. The highest BCUT2D eigenvalue weighted by Crippen LogP contribution is 2.37. The third-order valence-electron chi connectivity index (χ3n) is 4.37. The second kappa shape index (κ2) is 7.59. The highest BCUT2D eigenvalue weighted by molar-refractivity contribution is 5.77. The molecular weight excluding hydrogens is 306 g/mol. The smallest absolute Gasteiger partial charge is 0.246 e. The monoisotopic (exact) mass is 329 g/mol. The number of hydrogen-bond donors (Lipinski definition) is 2. The maximum atomic E-state index is 12.2. The number of aliphatic hydroxyl groups excluding tert-OH is 1. The molecule has 1 atom stereocenters. The Kier molecular flexibility index (Phi) is 5.27. The molecule has 1 aromatic heterocycles. The fourth-order valence-corrected chi connectivity index (χ4v) is 3.03. The van der Waals surface area contributed by atoms with Gasteiger partial charge in [0.15, 0.2) is 0 Å². The number of benzene rings is 1. The lowest BCUT2D eigenvalue weighted by Gasteiger charge is -2.37. The number of hydrogen-bond acceptors (Lipinski definition) is 4. The summed E-state index contributed by atoms with van der Waals surface area (Å²) in [5, 5.41) is 16.8. The molecule has 1 saturated carbocycles. The van der Waals surface area contributed by atoms with E-state index in [4.69, 9.17) is 4.74 Å². The van der Waals surface area contributed by atoms with Gasteiger partial charge in [-0.15, -0.1) is 0 Å². The van der Waals surface area contributed by atoms with Crippen LogP contribution in [0.4, 0.5) is 0 Å². The summed E-state index contributed by atoms with van der Waals surface area (Å²) < 4.78 is 7.21. The standard InChI is InChI=1S/C18H23N3O3/c1-21-10-15(9-19-21)18(14-7-16(22)8-14)20-17(23)12-24-11-13-5-3-2-4-6-13/h2-6,9-10,14,16,18,22H,7-8,11-12H2,1H3,(H,20,23)/t14?,16?,18-/m0/s1. The van der Waals surface area contributed by atoms with E-state index < -0.39 is 0 Å². The number of nitrogens with zero attached hydrogens (tertiary/aromatic N) is 2. The fraction of sp³-hybridized carbons (Fsp3) is 0.444. The molecule has 0 unspecified atom stereocenters. The summed E-state index contributed by atoms with van der Waals surface area (Å²) in [5.74, 6) is 0.0865. The van der Waals surface area contributed by atoms with Crippen LogP contribution >= 0.6 is 0 Å². The van der Waals surface area contributed by atoms with Crippen molar-refractivity contribution >= 4 is 5.91 Å². The molecule has 1 aliphatic carbocycles. The molecule has 1 amide bonds. The molecule has 2 N–H and O–H groups in total. The van der Waals surface area contributed by atoms with Gasteiger partial charge in [0, 0.05) is 18.8 Å². The first-order chi connectivity index (χ1) is 11.6. The molecule has 6 nitrogen and oxygen atoms in total. The summed E-state index contributed by atoms with van der Waals surface area (Å²) in [6.07, 6.45) is 4.80. The molecule has 128 valence electrons. The zero-order valence-electron chi connectivity index (χ0n) is 13.8. The lowest BCUT2D eigenvalue weighted by atomic mass is 9.75. The van der Waals surface area contributed by atoms with Gasteiger partial charge < -0.3 is 15.2 Å². The number of carbonyl (C=O) groups excluding carboxylic acids is 1. The van der Waals surface area contributed by atoms with Gasteiger partial charge >= 0.3 is 0 Å². The zero-order valence-corrected chi connectivity index (χ0v) is 13.8. The Morgan fingerprint density at radius 1 is 1.42 bits per heavy atom. The minimum atomic E-state index is -0.264. The van der Waals surface area contributed by atoms with Crippen molar-refractivity contribution in [2.45, 2.75) is 31.6 Å². The van der Waals surface area contributed by atoms with Crippen molar-refractivity contribution in [2.75, 3.05) is 6.61 Å². The van der Waals surface area contributed by atoms with E-state index in [0.29, 0.717) is 19.4 Å². The van der Waals surface area contributed by atoms with Crippen molar-refractivity contribution in [2.24, 2.45) is 13.0 Å². The number of amides is 1. The van der Waals surface area contributed by atoms with Crippen LogP contribution in [0.25, 0.3) is 0 Å². The van der Waals surface area contributed by atoms with E-state index in [9.17, 15) is 9.90 Å². The first-order valence-corrected chi connectivity index (χ1v) is 8.19. The number of ether oxygens (including phenoxy) is 1. The third kappa shape index (κ3) is 4.21. The number of aryl methyl sites for hydroxylation is 1. The van der Waals surface area contributed by atoms with E-state index in [2.05, 4.69) is 10.4 Å². The van der Waals surface area contributed by atoms with Crippen molar-refractivity contribution in [1.82, 2.24) is 15.1 Å². The fourth-order valence-electron chi connectivity index (χ4n) is 3.03. The van der Waals surface area contributed by atoms with Crippen LogP contribution in [0.5, 0.6) is 0 Å². The third-order valence-corrected chi connectivity index (χ3v) is 4.37. The molecule has 2 aromatic rings. The van der Waals surface area contributed by atoms with E-state index in [1.165, 1.54) is 0 Å². The molecule has 0 spiro atoms. The Bertz CT molecular complexity index is 665. The summed E-state index contributed by atoms with van der Waals surface area (Å²) in [7, 11) is 1.85. The van der Waals surface area contributed by atoms with Gasteiger partial charge in [-0.2, -0.15) is 5.10 Å². The average molecular weight is 329 g/mol. The van der Waals surface area contributed by atoms with E-state index in [1.54, 1.807) is 10.9 Å². The van der Waals surface area contributed by atoms with E-state index in [1.807, 2.05) is 43.6 Å². The van der Waals surface area contributed by atoms with Gasteiger partial charge in [-0.1, -0.05) is 30.3 Å². The average Bonchev–Trinajstić information content (AvgIpc) is 2.97. The van der Waals surface area contributed by atoms with Crippen molar-refractivity contribution in [3.63, 3.8) is 0 Å². The molecule has 6 heteroatoms. The van der Waals surface area contributed by atoms with Crippen LogP contribution in [-0.2, 0) is 23.2 Å². The Morgan fingerprint density at radius 3 is 2.79 bits per heavy atom. The molecule has 1 heterocycles. The minimum Gasteiger partial charge on any atom is -0.393 e. The number of carbonyl (C=O) groups is 1. The first-order valence-electron chi connectivity index (χ1n) is 8.19. The van der Waals surface area contributed by atoms with Gasteiger partial charge in [0.1, 0.15) is 6.61 Å². The number of nitrogens with one attached hydrogen (secondary N) is 1. The molecule has 0 saturated heterocycles. The molecule has 3 rings (SSSR count). The quantitative estimate of drug-likeness (QED) is 0.808. The highest BCUT2D eigenvalue weighted by atomic mass is 16.5. The summed E-state index contributed by atoms with van der Waals surface area (Å²) in [6, 6.07) is 9.63. The van der Waals surface area contributed by atoms with Crippen molar-refractivity contribution in [3.8, 4) is 0 Å². The Hall–Kier alpha value is -2.18. The van der Waals surface area contributed by atoms with E-state index in [0.717, 1.165) is 11.1 Å². The van der Waals surface area contributed by atoms with Crippen LogP contribution in [0, 0.1) is 5.92 Å². The van der Waals surface area contributed by atoms with Gasteiger partial charge in [0.25, 0.3) is 0 Å². The second-order valence-electron chi connectivity index (χ2n) is 6.36. The SMILES string of the molecule is Cn1cc([C@@H](NC(=O)COCc2ccccc2)C2CC(O)C2)cn1. The number of rotatable bonds is 7. The minimum absolute atomic E-state index is 0.0148. The molecule has 0 radical (unpaired) electrons. The van der Waals surface area contributed by atoms with Crippen molar-refractivity contribution in [3.05, 3.63) is 53.9 Å². The van der Waals surface area contributed by atoms with Crippen molar-refractivity contribution in [1.29, 1.82) is 0 Å². The molecule has 1 aromatic carbocycles. The van der Waals surface area contributed by atoms with Crippen LogP contribution in [0.1, 0.15) is 30.0 Å². The van der Waals surface area contributed by atoms with Crippen LogP contribution in [0.2, 0.25) is 0 Å². The van der Waals surface area contributed by atoms with Gasteiger partial charge in [-0.25, -0.2) is 0 Å². The molecule has 0 bridgehead atoms. The van der Waals surface area contributed by atoms with Crippen LogP contribution in [0.3, 0.4) is 0 Å². The number of aromatic nitrogens is 2. The van der Waals surface area contributed by atoms with Crippen LogP contribution in [-0.4, -0.2) is 33.5 Å². The van der Waals surface area contributed by atoms with Gasteiger partial charge in [0.2, 0.25) is 5.91 Å². The van der Waals surface area contributed by atoms with Crippen LogP contribution < -0.4 is 5.32 Å². The van der Waals surface area contributed by atoms with Gasteiger partial charge in [0.05, 0.1) is 24.9 Å². The summed E-state index contributed by atoms with van der Waals surface area (Å²) >= 11 is 0. The normalized spacial score (nSPS) is 21.1. The van der Waals surface area contributed by atoms with Gasteiger partial charge in [-0.3, -0.25) is 9.48 Å². The second-order valence-corrected chi connectivity index (χ2v) is 6.36. The lowest BCUT2D eigenvalue weighted by Crippen LogP contribution is -2.42. The van der Waals surface area contributed by atoms with E-state index in [-0.39, 0.29) is 30.6 Å².